The van der Waals surface area contributed by atoms with Crippen molar-refractivity contribution in [1.82, 2.24) is 4.90 Å². The lowest BCUT2D eigenvalue weighted by molar-refractivity contribution is -0.154. The predicted molar refractivity (Wildman–Crippen MR) is 97.6 cm³/mol. The maximum absolute atomic E-state index is 12.3. The van der Waals surface area contributed by atoms with Gasteiger partial charge >= 0.3 is 5.97 Å². The molecule has 0 unspecified atom stereocenters. The van der Waals surface area contributed by atoms with E-state index in [1.165, 1.54) is 0 Å². The summed E-state index contributed by atoms with van der Waals surface area (Å²) in [4.78, 5) is 49.5. The minimum Gasteiger partial charge on any atom is -0.454 e. The van der Waals surface area contributed by atoms with E-state index in [2.05, 4.69) is 5.32 Å². The molecule has 0 bridgehead atoms. The number of carbonyl (C=O) groups is 4. The number of nitrogens with one attached hydrogen (secondary N) is 1. The van der Waals surface area contributed by atoms with Gasteiger partial charge in [-0.15, -0.1) is 0 Å². The lowest BCUT2D eigenvalue weighted by Gasteiger charge is -2.14. The van der Waals surface area contributed by atoms with Gasteiger partial charge in [0.25, 0.3) is 5.91 Å². The van der Waals surface area contributed by atoms with Gasteiger partial charge in [0.1, 0.15) is 6.54 Å². The van der Waals surface area contributed by atoms with Gasteiger partial charge in [0, 0.05) is 5.69 Å². The first-order valence-electron chi connectivity index (χ1n) is 8.89. The molecule has 2 atom stereocenters. The lowest BCUT2D eigenvalue weighted by Crippen LogP contribution is -2.37. The van der Waals surface area contributed by atoms with E-state index in [0.717, 1.165) is 16.0 Å². The highest BCUT2D eigenvalue weighted by atomic mass is 16.5. The Morgan fingerprint density at radius 2 is 1.70 bits per heavy atom. The average molecular weight is 370 g/mol. The second-order valence-electron chi connectivity index (χ2n) is 6.93. The Balaban J connectivity index is 1.49. The lowest BCUT2D eigenvalue weighted by atomic mass is 9.85. The van der Waals surface area contributed by atoms with Crippen molar-refractivity contribution in [3.05, 3.63) is 41.5 Å². The number of hydrogen-bond acceptors (Lipinski definition) is 5. The highest BCUT2D eigenvalue weighted by molar-refractivity contribution is 6.07. The van der Waals surface area contributed by atoms with Gasteiger partial charge < -0.3 is 10.1 Å². The summed E-state index contributed by atoms with van der Waals surface area (Å²) in [5.41, 5.74) is 2.75. The van der Waals surface area contributed by atoms with Crippen molar-refractivity contribution in [3.63, 3.8) is 0 Å². The van der Waals surface area contributed by atoms with Crippen molar-refractivity contribution in [3.8, 4) is 0 Å². The Bertz CT molecular complexity index is 804. The molecule has 1 aromatic rings. The fraction of sp³-hybridized carbons (Fsp3) is 0.400. The molecule has 142 valence electrons. The zero-order valence-corrected chi connectivity index (χ0v) is 15.4. The molecular formula is C20H22N2O5. The van der Waals surface area contributed by atoms with Crippen LogP contribution in [0.1, 0.15) is 24.0 Å². The Hall–Kier alpha value is -2.96. The highest BCUT2D eigenvalue weighted by Gasteiger charge is 2.47. The number of fused-ring (bicyclic) bond motifs is 1. The first-order chi connectivity index (χ1) is 12.9. The molecule has 7 heteroatoms. The molecule has 1 saturated heterocycles. The molecule has 1 N–H and O–H groups in total. The molecule has 0 spiro atoms. The van der Waals surface area contributed by atoms with Crippen molar-refractivity contribution in [2.45, 2.75) is 26.7 Å². The minimum atomic E-state index is -0.779. The third-order valence-electron chi connectivity index (χ3n) is 5.04. The molecule has 1 aromatic carbocycles. The molecule has 1 aliphatic heterocycles. The summed E-state index contributed by atoms with van der Waals surface area (Å²) in [5.74, 6) is -2.72. The van der Waals surface area contributed by atoms with Crippen LogP contribution in [0.15, 0.2) is 30.4 Å². The van der Waals surface area contributed by atoms with Crippen LogP contribution in [0, 0.1) is 25.7 Å². The number of anilines is 1. The molecular weight excluding hydrogens is 348 g/mol. The van der Waals surface area contributed by atoms with E-state index in [1.807, 2.05) is 38.1 Å². The Labute approximate surface area is 157 Å². The van der Waals surface area contributed by atoms with E-state index in [9.17, 15) is 19.2 Å². The summed E-state index contributed by atoms with van der Waals surface area (Å²) < 4.78 is 4.93. The van der Waals surface area contributed by atoms with E-state index in [-0.39, 0.29) is 23.7 Å². The number of hydrogen-bond donors (Lipinski definition) is 1. The van der Waals surface area contributed by atoms with Crippen molar-refractivity contribution in [1.29, 1.82) is 0 Å². The normalized spacial score (nSPS) is 21.2. The molecule has 1 fully saturated rings. The molecule has 3 rings (SSSR count). The van der Waals surface area contributed by atoms with Gasteiger partial charge in [0.05, 0.1) is 11.8 Å². The van der Waals surface area contributed by atoms with Crippen LogP contribution < -0.4 is 5.32 Å². The van der Waals surface area contributed by atoms with Gasteiger partial charge in [-0.3, -0.25) is 24.1 Å². The summed E-state index contributed by atoms with van der Waals surface area (Å²) in [5, 5.41) is 2.65. The third-order valence-corrected chi connectivity index (χ3v) is 5.04. The van der Waals surface area contributed by atoms with Crippen LogP contribution in [0.3, 0.4) is 0 Å². The number of carbonyl (C=O) groups excluding carboxylic acids is 4. The number of amides is 3. The number of rotatable bonds is 5. The van der Waals surface area contributed by atoms with Crippen LogP contribution in [0.4, 0.5) is 5.69 Å². The predicted octanol–water partition coefficient (Wildman–Crippen LogP) is 1.74. The Morgan fingerprint density at radius 3 is 2.30 bits per heavy atom. The average Bonchev–Trinajstić information content (AvgIpc) is 2.88. The Kier molecular flexibility index (Phi) is 5.39. The molecule has 0 radical (unpaired) electrons. The van der Waals surface area contributed by atoms with Crippen LogP contribution in [-0.4, -0.2) is 41.7 Å². The summed E-state index contributed by atoms with van der Waals surface area (Å²) >= 11 is 0. The zero-order valence-electron chi connectivity index (χ0n) is 15.4. The second-order valence-corrected chi connectivity index (χ2v) is 6.93. The number of esters is 1. The van der Waals surface area contributed by atoms with Crippen molar-refractivity contribution in [2.24, 2.45) is 11.8 Å². The number of benzene rings is 1. The number of allylic oxidation sites excluding steroid dienone is 2. The molecule has 3 amide bonds. The molecule has 27 heavy (non-hydrogen) atoms. The van der Waals surface area contributed by atoms with Gasteiger partial charge in [0.15, 0.2) is 6.61 Å². The first-order valence-corrected chi connectivity index (χ1v) is 8.89. The third kappa shape index (κ3) is 4.07. The van der Waals surface area contributed by atoms with Crippen LogP contribution in [-0.2, 0) is 23.9 Å². The number of nitrogens with zero attached hydrogens (tertiary/aromatic N) is 1. The zero-order chi connectivity index (χ0) is 19.6. The number of aryl methyl sites for hydroxylation is 2. The smallest absolute Gasteiger partial charge is 0.326 e. The van der Waals surface area contributed by atoms with Gasteiger partial charge in [-0.25, -0.2) is 0 Å². The molecule has 7 nitrogen and oxygen atoms in total. The monoisotopic (exact) mass is 370 g/mol. The van der Waals surface area contributed by atoms with Gasteiger partial charge in [-0.05, 0) is 49.9 Å². The Morgan fingerprint density at radius 1 is 1.07 bits per heavy atom. The van der Waals surface area contributed by atoms with E-state index in [0.29, 0.717) is 18.5 Å². The molecule has 1 heterocycles. The largest absolute Gasteiger partial charge is 0.454 e. The topological polar surface area (TPSA) is 92.8 Å². The maximum Gasteiger partial charge on any atom is 0.326 e. The SMILES string of the molecule is Cc1ccc(NC(=O)COC(=O)CN2C(=O)[C@H]3CC=CC[C@H]3C2=O)cc1C. The number of likely N-dealkylation sites (tertiary alicyclic amines) is 1. The summed E-state index contributed by atoms with van der Waals surface area (Å²) in [6.45, 7) is 2.97. The fourth-order valence-electron chi connectivity index (χ4n) is 3.36. The van der Waals surface area contributed by atoms with Gasteiger partial charge in [-0.1, -0.05) is 18.2 Å². The van der Waals surface area contributed by atoms with E-state index < -0.39 is 25.0 Å². The first kappa shape index (κ1) is 18.8. The van der Waals surface area contributed by atoms with E-state index in [1.54, 1.807) is 6.07 Å². The maximum atomic E-state index is 12.3. The highest BCUT2D eigenvalue weighted by Crippen LogP contribution is 2.34. The van der Waals surface area contributed by atoms with Crippen molar-refractivity contribution in [2.75, 3.05) is 18.5 Å². The van der Waals surface area contributed by atoms with Crippen LogP contribution in [0.25, 0.3) is 0 Å². The fourth-order valence-corrected chi connectivity index (χ4v) is 3.36. The number of imide groups is 1. The second kappa shape index (κ2) is 7.73. The van der Waals surface area contributed by atoms with E-state index >= 15 is 0 Å². The van der Waals surface area contributed by atoms with Gasteiger partial charge in [0.2, 0.25) is 11.8 Å². The summed E-state index contributed by atoms with van der Waals surface area (Å²) in [6.07, 6.45) is 4.79. The quantitative estimate of drug-likeness (QED) is 0.484. The van der Waals surface area contributed by atoms with Crippen molar-refractivity contribution < 1.29 is 23.9 Å². The summed E-state index contributed by atoms with van der Waals surface area (Å²) in [7, 11) is 0. The van der Waals surface area contributed by atoms with Crippen molar-refractivity contribution >= 4 is 29.4 Å². The minimum absolute atomic E-state index is 0.342. The standard InChI is InChI=1S/C20H22N2O5/c1-12-7-8-14(9-13(12)2)21-17(23)11-27-18(24)10-22-19(25)15-5-3-4-6-16(15)20(22)26/h3-4,7-9,15-16H,5-6,10-11H2,1-2H3,(H,21,23)/t15-,16+. The number of ether oxygens (including phenoxy) is 1. The van der Waals surface area contributed by atoms with Gasteiger partial charge in [-0.2, -0.15) is 0 Å². The van der Waals surface area contributed by atoms with E-state index in [4.69, 9.17) is 4.74 Å². The molecule has 0 aromatic heterocycles. The van der Waals surface area contributed by atoms with Crippen LogP contribution in [0.5, 0.6) is 0 Å². The van der Waals surface area contributed by atoms with Crippen LogP contribution in [0.2, 0.25) is 0 Å². The molecule has 1 aliphatic carbocycles. The van der Waals surface area contributed by atoms with Crippen LogP contribution >= 0.6 is 0 Å². The summed E-state index contributed by atoms with van der Waals surface area (Å²) in [6, 6.07) is 5.47. The molecule has 0 saturated carbocycles. The molecule has 2 aliphatic rings.